The number of hydrogen-bond acceptors (Lipinski definition) is 7. The van der Waals surface area contributed by atoms with Crippen molar-refractivity contribution in [2.75, 3.05) is 24.8 Å². The predicted molar refractivity (Wildman–Crippen MR) is 142 cm³/mol. The Labute approximate surface area is 216 Å². The number of halogens is 2. The van der Waals surface area contributed by atoms with Crippen molar-refractivity contribution in [2.24, 2.45) is 4.36 Å². The van der Waals surface area contributed by atoms with Crippen molar-refractivity contribution in [3.8, 4) is 22.8 Å². The maximum atomic E-state index is 14.9. The van der Waals surface area contributed by atoms with E-state index in [0.717, 1.165) is 37.4 Å². The molecule has 1 atom stereocenters. The standard InChI is InChI=1S/C27H32F2N4O3S/c1-18(2)33-37(3,34)17-19-12-26-31-25-15-22(23(29)16-30-25)21-9-8-20(28)14-24(21)35-10-6-4-5-7-11-36-27(13-19)32-26/h8-9,12-16,18H,4-7,10-11,17H2,1-3H3,(H,30,31,32)/t37-/m1/s1. The first-order valence-corrected chi connectivity index (χ1v) is 14.5. The van der Waals surface area contributed by atoms with Crippen LogP contribution in [0.4, 0.5) is 20.4 Å². The Morgan fingerprint density at radius 1 is 1.00 bits per heavy atom. The van der Waals surface area contributed by atoms with Crippen molar-refractivity contribution < 1.29 is 22.5 Å². The van der Waals surface area contributed by atoms with Gasteiger partial charge < -0.3 is 14.8 Å². The second-order valence-corrected chi connectivity index (χ2v) is 11.8. The van der Waals surface area contributed by atoms with Gasteiger partial charge in [-0.15, -0.1) is 0 Å². The number of benzene rings is 1. The van der Waals surface area contributed by atoms with E-state index in [1.165, 1.54) is 24.3 Å². The van der Waals surface area contributed by atoms with Crippen LogP contribution in [0.5, 0.6) is 11.6 Å². The minimum absolute atomic E-state index is 0.0579. The lowest BCUT2D eigenvalue weighted by atomic mass is 10.0. The quantitative estimate of drug-likeness (QED) is 0.416. The molecule has 1 aromatic carbocycles. The highest BCUT2D eigenvalue weighted by atomic mass is 32.2. The van der Waals surface area contributed by atoms with Gasteiger partial charge in [0, 0.05) is 39.2 Å². The third-order valence-electron chi connectivity index (χ3n) is 5.62. The molecule has 37 heavy (non-hydrogen) atoms. The van der Waals surface area contributed by atoms with Crippen LogP contribution in [0.15, 0.2) is 47.0 Å². The third-order valence-corrected chi connectivity index (χ3v) is 7.36. The highest BCUT2D eigenvalue weighted by Crippen LogP contribution is 2.34. The molecule has 7 nitrogen and oxygen atoms in total. The third kappa shape index (κ3) is 7.61. The summed E-state index contributed by atoms with van der Waals surface area (Å²) >= 11 is 0. The van der Waals surface area contributed by atoms with E-state index in [9.17, 15) is 13.0 Å². The molecule has 4 rings (SSSR count). The fourth-order valence-corrected chi connectivity index (χ4v) is 5.92. The molecule has 0 amide bonds. The van der Waals surface area contributed by atoms with E-state index in [1.54, 1.807) is 18.4 Å². The summed E-state index contributed by atoms with van der Waals surface area (Å²) in [4.78, 5) is 8.70. The van der Waals surface area contributed by atoms with Crippen molar-refractivity contribution in [3.05, 3.63) is 59.8 Å². The van der Waals surface area contributed by atoms with Gasteiger partial charge in [0.15, 0.2) is 0 Å². The molecule has 2 aromatic heterocycles. The zero-order valence-electron chi connectivity index (χ0n) is 21.3. The van der Waals surface area contributed by atoms with E-state index in [1.807, 2.05) is 13.8 Å². The first-order chi connectivity index (χ1) is 17.7. The van der Waals surface area contributed by atoms with Crippen LogP contribution >= 0.6 is 0 Å². The fourth-order valence-electron chi connectivity index (χ4n) is 4.17. The zero-order chi connectivity index (χ0) is 26.4. The van der Waals surface area contributed by atoms with Gasteiger partial charge in [-0.3, -0.25) is 0 Å². The van der Waals surface area contributed by atoms with E-state index in [4.69, 9.17) is 9.47 Å². The molecule has 0 aliphatic carbocycles. The maximum Gasteiger partial charge on any atom is 0.215 e. The molecule has 0 unspecified atom stereocenters. The summed E-state index contributed by atoms with van der Waals surface area (Å²) in [6.45, 7) is 4.65. The van der Waals surface area contributed by atoms with Gasteiger partial charge in [0.2, 0.25) is 5.88 Å². The minimum Gasteiger partial charge on any atom is -0.493 e. The van der Waals surface area contributed by atoms with Gasteiger partial charge in [0.05, 0.1) is 31.2 Å². The summed E-state index contributed by atoms with van der Waals surface area (Å²) in [6, 6.07) is 9.06. The fraction of sp³-hybridized carbons (Fsp3) is 0.407. The van der Waals surface area contributed by atoms with Crippen molar-refractivity contribution in [3.63, 3.8) is 0 Å². The number of anilines is 2. The zero-order valence-corrected chi connectivity index (χ0v) is 22.1. The van der Waals surface area contributed by atoms with Crippen LogP contribution in [0.25, 0.3) is 11.1 Å². The molecular formula is C27H32F2N4O3S. The van der Waals surface area contributed by atoms with Gasteiger partial charge in [-0.1, -0.05) is 0 Å². The monoisotopic (exact) mass is 530 g/mol. The molecule has 3 heterocycles. The van der Waals surface area contributed by atoms with Crippen molar-refractivity contribution >= 4 is 21.4 Å². The largest absolute Gasteiger partial charge is 0.493 e. The smallest absolute Gasteiger partial charge is 0.215 e. The number of hydrogen-bond donors (Lipinski definition) is 1. The molecule has 0 saturated heterocycles. The Kier molecular flexibility index (Phi) is 8.58. The number of ether oxygens (including phenoxy) is 2. The summed E-state index contributed by atoms with van der Waals surface area (Å²) in [5.41, 5.74) is 1.40. The molecule has 198 valence electrons. The number of pyridine rings is 2. The predicted octanol–water partition coefficient (Wildman–Crippen LogP) is 6.50. The Morgan fingerprint density at radius 3 is 2.51 bits per heavy atom. The van der Waals surface area contributed by atoms with Crippen LogP contribution in [-0.4, -0.2) is 39.7 Å². The Morgan fingerprint density at radius 2 is 1.76 bits per heavy atom. The van der Waals surface area contributed by atoms with Gasteiger partial charge >= 0.3 is 0 Å². The lowest BCUT2D eigenvalue weighted by Crippen LogP contribution is -2.08. The number of rotatable bonds is 3. The summed E-state index contributed by atoms with van der Waals surface area (Å²) in [5.74, 6) is 0.629. The Bertz CT molecular complexity index is 1370. The number of nitrogens with zero attached hydrogens (tertiary/aromatic N) is 3. The summed E-state index contributed by atoms with van der Waals surface area (Å²) < 4.78 is 58.0. The van der Waals surface area contributed by atoms with Gasteiger partial charge in [0.1, 0.15) is 29.0 Å². The molecular weight excluding hydrogens is 498 g/mol. The van der Waals surface area contributed by atoms with E-state index >= 15 is 0 Å². The first-order valence-electron chi connectivity index (χ1n) is 12.4. The van der Waals surface area contributed by atoms with E-state index in [2.05, 4.69) is 19.6 Å². The number of fused-ring (bicyclic) bond motifs is 6. The molecule has 0 radical (unpaired) electrons. The Balaban J connectivity index is 1.74. The number of aromatic nitrogens is 2. The lowest BCUT2D eigenvalue weighted by molar-refractivity contribution is 0.281. The topological polar surface area (TPSA) is 85.7 Å². The molecule has 0 fully saturated rings. The van der Waals surface area contributed by atoms with Crippen LogP contribution in [0.1, 0.15) is 45.1 Å². The highest BCUT2D eigenvalue weighted by Gasteiger charge is 2.16. The van der Waals surface area contributed by atoms with E-state index in [0.29, 0.717) is 36.3 Å². The maximum absolute atomic E-state index is 14.9. The van der Waals surface area contributed by atoms with Crippen LogP contribution in [0.2, 0.25) is 0 Å². The van der Waals surface area contributed by atoms with Crippen LogP contribution in [-0.2, 0) is 15.5 Å². The van der Waals surface area contributed by atoms with Gasteiger partial charge in [-0.2, -0.15) is 4.98 Å². The molecule has 1 aliphatic rings. The van der Waals surface area contributed by atoms with Crippen LogP contribution in [0, 0.1) is 11.6 Å². The van der Waals surface area contributed by atoms with Gasteiger partial charge in [0.25, 0.3) is 0 Å². The van der Waals surface area contributed by atoms with E-state index < -0.39 is 21.4 Å². The van der Waals surface area contributed by atoms with Gasteiger partial charge in [-0.25, -0.2) is 22.3 Å². The summed E-state index contributed by atoms with van der Waals surface area (Å²) in [6.07, 6.45) is 6.14. The molecule has 0 saturated carbocycles. The average Bonchev–Trinajstić information content (AvgIpc) is 2.80. The van der Waals surface area contributed by atoms with Crippen molar-refractivity contribution in [2.45, 2.75) is 51.3 Å². The van der Waals surface area contributed by atoms with Crippen LogP contribution < -0.4 is 14.8 Å². The van der Waals surface area contributed by atoms with Crippen molar-refractivity contribution in [1.29, 1.82) is 0 Å². The lowest BCUT2D eigenvalue weighted by Gasteiger charge is -2.14. The van der Waals surface area contributed by atoms with Crippen LogP contribution in [0.3, 0.4) is 0 Å². The molecule has 0 spiro atoms. The van der Waals surface area contributed by atoms with Crippen molar-refractivity contribution in [1.82, 2.24) is 9.97 Å². The second kappa shape index (κ2) is 11.9. The van der Waals surface area contributed by atoms with Gasteiger partial charge in [-0.05, 0) is 69.4 Å². The molecule has 4 bridgehead atoms. The first kappa shape index (κ1) is 26.8. The molecule has 1 N–H and O–H groups in total. The number of nitrogens with one attached hydrogen (secondary N) is 1. The minimum atomic E-state index is -2.47. The SMILES string of the molecule is CC(C)N=[S@](C)(=O)Cc1cc2nc(c1)OCCCCCCOc1cc(F)ccc1-c1cc(ncc1F)N2. The molecule has 10 heteroatoms. The summed E-state index contributed by atoms with van der Waals surface area (Å²) in [7, 11) is -2.47. The normalized spacial score (nSPS) is 15.8. The summed E-state index contributed by atoms with van der Waals surface area (Å²) in [5, 5.41) is 3.11. The molecule has 3 aromatic rings. The van der Waals surface area contributed by atoms with E-state index in [-0.39, 0.29) is 23.1 Å². The molecule has 1 aliphatic heterocycles. The highest BCUT2D eigenvalue weighted by molar-refractivity contribution is 7.92. The Hall–Kier alpha value is -3.27. The average molecular weight is 531 g/mol. The second-order valence-electron chi connectivity index (χ2n) is 9.43.